The van der Waals surface area contributed by atoms with Crippen molar-refractivity contribution in [2.75, 3.05) is 5.32 Å². The minimum absolute atomic E-state index is 0.291. The molecule has 0 saturated carbocycles. The summed E-state index contributed by atoms with van der Waals surface area (Å²) in [5.74, 6) is 5.44. The summed E-state index contributed by atoms with van der Waals surface area (Å²) >= 11 is 0. The quantitative estimate of drug-likeness (QED) is 0.412. The number of ether oxygens (including phenoxy) is 1. The molecule has 0 aliphatic carbocycles. The lowest BCUT2D eigenvalue weighted by Crippen LogP contribution is -2.50. The molecular weight excluding hydrogens is 170 g/mol. The second kappa shape index (κ2) is 3.04. The molecule has 1 aliphatic rings. The lowest BCUT2D eigenvalue weighted by Gasteiger charge is -2.24. The fourth-order valence-electron chi connectivity index (χ4n) is 1.16. The van der Waals surface area contributed by atoms with Gasteiger partial charge in [-0.2, -0.15) is 0 Å². The molecule has 0 bridgehead atoms. The second-order valence-corrected chi connectivity index (χ2v) is 2.65. The summed E-state index contributed by atoms with van der Waals surface area (Å²) in [6.45, 7) is 0. The van der Waals surface area contributed by atoms with E-state index in [1.54, 1.807) is 12.1 Å². The molecule has 2 rings (SSSR count). The number of fused-ring (bicyclic) bond motifs is 1. The number of para-hydroxylation sites is 2. The molecule has 4 N–H and O–H groups in total. The van der Waals surface area contributed by atoms with E-state index in [1.807, 2.05) is 12.1 Å². The van der Waals surface area contributed by atoms with E-state index in [0.717, 1.165) is 0 Å². The summed E-state index contributed by atoms with van der Waals surface area (Å²) < 4.78 is 5.25. The number of anilines is 1. The normalized spacial score (nSPS) is 20.1. The van der Waals surface area contributed by atoms with Crippen molar-refractivity contribution < 1.29 is 9.53 Å². The van der Waals surface area contributed by atoms with Crippen molar-refractivity contribution in [1.29, 1.82) is 0 Å². The number of nitrogens with one attached hydrogen (secondary N) is 2. The van der Waals surface area contributed by atoms with Gasteiger partial charge in [-0.05, 0) is 12.1 Å². The molecule has 1 atom stereocenters. The minimum atomic E-state index is -0.810. The van der Waals surface area contributed by atoms with Gasteiger partial charge in [0.15, 0.2) is 0 Å². The first-order valence-corrected chi connectivity index (χ1v) is 3.84. The molecule has 1 aromatic rings. The number of amides is 1. The van der Waals surface area contributed by atoms with Crippen LogP contribution in [0.2, 0.25) is 0 Å². The van der Waals surface area contributed by atoms with Crippen LogP contribution in [0.15, 0.2) is 24.3 Å². The molecule has 0 aromatic heterocycles. The highest BCUT2D eigenvalue weighted by Gasteiger charge is 2.25. The maximum atomic E-state index is 11.2. The lowest BCUT2D eigenvalue weighted by atomic mass is 10.2. The number of carbonyl (C=O) groups is 1. The Bertz CT molecular complexity index is 340. The molecule has 68 valence electrons. The topological polar surface area (TPSA) is 76.4 Å². The first-order valence-electron chi connectivity index (χ1n) is 3.84. The smallest absolute Gasteiger partial charge is 0.282 e. The molecule has 1 amide bonds. The molecule has 0 fully saturated rings. The first kappa shape index (κ1) is 8.03. The largest absolute Gasteiger partial charge is 0.462 e. The Morgan fingerprint density at radius 1 is 1.46 bits per heavy atom. The van der Waals surface area contributed by atoms with Crippen LogP contribution >= 0.6 is 0 Å². The lowest BCUT2D eigenvalue weighted by molar-refractivity contribution is -0.124. The highest BCUT2D eigenvalue weighted by molar-refractivity contribution is 5.97. The van der Waals surface area contributed by atoms with Crippen LogP contribution in [0, 0.1) is 0 Å². The van der Waals surface area contributed by atoms with Crippen LogP contribution in [0.25, 0.3) is 0 Å². The van der Waals surface area contributed by atoms with Crippen molar-refractivity contribution in [3.63, 3.8) is 0 Å². The van der Waals surface area contributed by atoms with Crippen LogP contribution in [-0.2, 0) is 4.79 Å². The molecule has 1 unspecified atom stereocenters. The van der Waals surface area contributed by atoms with Gasteiger partial charge in [0.25, 0.3) is 5.91 Å². The van der Waals surface area contributed by atoms with Crippen molar-refractivity contribution in [3.8, 4) is 5.75 Å². The zero-order chi connectivity index (χ0) is 9.26. The first-order chi connectivity index (χ1) is 6.31. The fraction of sp³-hybridized carbons (Fsp3) is 0.125. The fourth-order valence-corrected chi connectivity index (χ4v) is 1.16. The maximum Gasteiger partial charge on any atom is 0.282 e. The minimum Gasteiger partial charge on any atom is -0.462 e. The molecule has 5 nitrogen and oxygen atoms in total. The van der Waals surface area contributed by atoms with Crippen molar-refractivity contribution in [3.05, 3.63) is 24.3 Å². The van der Waals surface area contributed by atoms with Gasteiger partial charge in [-0.3, -0.25) is 10.6 Å². The number of hydrogen-bond donors (Lipinski definition) is 3. The van der Waals surface area contributed by atoms with Crippen molar-refractivity contribution in [2.45, 2.75) is 6.23 Å². The molecule has 1 aliphatic heterocycles. The average molecular weight is 179 g/mol. The van der Waals surface area contributed by atoms with Gasteiger partial charge in [0.05, 0.1) is 5.69 Å². The summed E-state index contributed by atoms with van der Waals surface area (Å²) in [5, 5.41) is 2.65. The van der Waals surface area contributed by atoms with Crippen LogP contribution in [0.3, 0.4) is 0 Å². The number of benzene rings is 1. The van der Waals surface area contributed by atoms with Crippen LogP contribution in [0.1, 0.15) is 0 Å². The molecule has 0 saturated heterocycles. The number of hydrogen-bond acceptors (Lipinski definition) is 4. The van der Waals surface area contributed by atoms with Gasteiger partial charge in [0.1, 0.15) is 5.75 Å². The third kappa shape index (κ3) is 1.34. The van der Waals surface area contributed by atoms with Gasteiger partial charge in [0.2, 0.25) is 6.23 Å². The van der Waals surface area contributed by atoms with E-state index < -0.39 is 6.23 Å². The van der Waals surface area contributed by atoms with Gasteiger partial charge in [-0.25, -0.2) is 5.43 Å². The molecule has 13 heavy (non-hydrogen) atoms. The molecule has 0 spiro atoms. The van der Waals surface area contributed by atoms with E-state index in [1.165, 1.54) is 0 Å². The predicted octanol–water partition coefficient (Wildman–Crippen LogP) is -0.193. The summed E-state index contributed by atoms with van der Waals surface area (Å²) in [7, 11) is 0. The molecule has 1 heterocycles. The molecule has 1 aromatic carbocycles. The predicted molar refractivity (Wildman–Crippen MR) is 46.8 cm³/mol. The Kier molecular flexibility index (Phi) is 1.88. The average Bonchev–Trinajstić information content (AvgIpc) is 2.17. The molecular formula is C8H9N3O2. The third-order valence-corrected chi connectivity index (χ3v) is 1.78. The van der Waals surface area contributed by atoms with E-state index >= 15 is 0 Å². The SMILES string of the molecule is NNC1Oc2ccccc2NC1=O. The number of hydrazine groups is 1. The summed E-state index contributed by atoms with van der Waals surface area (Å²) in [6.07, 6.45) is -0.810. The Morgan fingerprint density at radius 2 is 2.23 bits per heavy atom. The summed E-state index contributed by atoms with van der Waals surface area (Å²) in [5.41, 5.74) is 2.93. The van der Waals surface area contributed by atoms with Gasteiger partial charge in [-0.1, -0.05) is 12.1 Å². The van der Waals surface area contributed by atoms with Crippen LogP contribution in [0.4, 0.5) is 5.69 Å². The Labute approximate surface area is 74.8 Å². The van der Waals surface area contributed by atoms with Crippen molar-refractivity contribution in [1.82, 2.24) is 5.43 Å². The second-order valence-electron chi connectivity index (χ2n) is 2.65. The van der Waals surface area contributed by atoms with Gasteiger partial charge in [0, 0.05) is 0 Å². The Balaban J connectivity index is 2.33. The molecule has 0 radical (unpaired) electrons. The van der Waals surface area contributed by atoms with Gasteiger partial charge < -0.3 is 10.1 Å². The van der Waals surface area contributed by atoms with Crippen molar-refractivity contribution >= 4 is 11.6 Å². The Hall–Kier alpha value is -1.59. The van der Waals surface area contributed by atoms with E-state index in [0.29, 0.717) is 11.4 Å². The number of nitrogens with two attached hydrogens (primary N) is 1. The Morgan fingerprint density at radius 3 is 3.00 bits per heavy atom. The third-order valence-electron chi connectivity index (χ3n) is 1.78. The number of rotatable bonds is 1. The van der Waals surface area contributed by atoms with Crippen molar-refractivity contribution in [2.24, 2.45) is 5.84 Å². The highest BCUT2D eigenvalue weighted by Crippen LogP contribution is 2.27. The van der Waals surface area contributed by atoms with Crippen LogP contribution in [0.5, 0.6) is 5.75 Å². The number of carbonyl (C=O) groups excluding carboxylic acids is 1. The highest BCUT2D eigenvalue weighted by atomic mass is 16.5. The van der Waals surface area contributed by atoms with E-state index in [2.05, 4.69) is 10.7 Å². The van der Waals surface area contributed by atoms with E-state index in [4.69, 9.17) is 10.6 Å². The molecule has 5 heteroatoms. The van der Waals surface area contributed by atoms with E-state index in [9.17, 15) is 4.79 Å². The van der Waals surface area contributed by atoms with Gasteiger partial charge in [-0.15, -0.1) is 0 Å². The standard InChI is InChI=1S/C8H9N3O2/c9-11-8-7(12)10-5-3-1-2-4-6(5)13-8/h1-4,8,11H,9H2,(H,10,12). The van der Waals surface area contributed by atoms with Crippen LogP contribution in [-0.4, -0.2) is 12.1 Å². The zero-order valence-electron chi connectivity index (χ0n) is 6.78. The maximum absolute atomic E-state index is 11.2. The zero-order valence-corrected chi connectivity index (χ0v) is 6.78. The van der Waals surface area contributed by atoms with E-state index in [-0.39, 0.29) is 5.91 Å². The monoisotopic (exact) mass is 179 g/mol. The van der Waals surface area contributed by atoms with Crippen LogP contribution < -0.4 is 21.3 Å². The summed E-state index contributed by atoms with van der Waals surface area (Å²) in [6, 6.07) is 7.17. The summed E-state index contributed by atoms with van der Waals surface area (Å²) in [4.78, 5) is 11.2. The van der Waals surface area contributed by atoms with Gasteiger partial charge >= 0.3 is 0 Å².